The fourth-order valence-electron chi connectivity index (χ4n) is 2.27. The highest BCUT2D eigenvalue weighted by molar-refractivity contribution is 7.89. The first-order chi connectivity index (χ1) is 10.8. The van der Waals surface area contributed by atoms with Crippen molar-refractivity contribution in [3.63, 3.8) is 0 Å². The van der Waals surface area contributed by atoms with Gasteiger partial charge in [-0.3, -0.25) is 4.79 Å². The Morgan fingerprint density at radius 2 is 2.09 bits per heavy atom. The molecule has 0 saturated heterocycles. The molecule has 0 atom stereocenters. The average molecular weight is 339 g/mol. The molecule has 3 N–H and O–H groups in total. The van der Waals surface area contributed by atoms with Crippen molar-refractivity contribution in [2.75, 3.05) is 7.11 Å². The molecule has 0 aliphatic heterocycles. The van der Waals surface area contributed by atoms with Gasteiger partial charge in [-0.2, -0.15) is 0 Å². The molecule has 0 spiro atoms. The molecule has 8 nitrogen and oxygen atoms in total. The van der Waals surface area contributed by atoms with E-state index in [4.69, 9.17) is 14.3 Å². The van der Waals surface area contributed by atoms with Gasteiger partial charge in [-0.25, -0.2) is 18.5 Å². The minimum absolute atomic E-state index is 0.0779. The minimum atomic E-state index is -4.08. The number of hydrogen-bond acceptors (Lipinski definition) is 6. The zero-order chi connectivity index (χ0) is 17.2. The van der Waals surface area contributed by atoms with E-state index in [0.717, 1.165) is 0 Å². The summed E-state index contributed by atoms with van der Waals surface area (Å²) in [6.07, 6.45) is 1.56. The number of hydrogen-bond donors (Lipinski definition) is 2. The molecule has 2 rings (SSSR count). The van der Waals surface area contributed by atoms with E-state index in [0.29, 0.717) is 11.4 Å². The van der Waals surface area contributed by atoms with Crippen LogP contribution in [0.2, 0.25) is 0 Å². The lowest BCUT2D eigenvalue weighted by Gasteiger charge is -2.09. The van der Waals surface area contributed by atoms with E-state index in [9.17, 15) is 13.2 Å². The van der Waals surface area contributed by atoms with Crippen molar-refractivity contribution in [1.82, 2.24) is 10.3 Å². The Morgan fingerprint density at radius 3 is 2.70 bits per heavy atom. The van der Waals surface area contributed by atoms with Gasteiger partial charge in [-0.1, -0.05) is 6.07 Å². The van der Waals surface area contributed by atoms with Crippen LogP contribution in [0.25, 0.3) is 0 Å². The van der Waals surface area contributed by atoms with Crippen molar-refractivity contribution in [1.29, 1.82) is 0 Å². The highest BCUT2D eigenvalue weighted by Gasteiger charge is 2.28. The summed E-state index contributed by atoms with van der Waals surface area (Å²) in [6.45, 7) is 3.05. The third kappa shape index (κ3) is 3.51. The predicted molar refractivity (Wildman–Crippen MR) is 81.5 cm³/mol. The minimum Gasteiger partial charge on any atom is -0.481 e. The van der Waals surface area contributed by atoms with Crippen LogP contribution < -0.4 is 15.2 Å². The zero-order valence-corrected chi connectivity index (χ0v) is 13.7. The van der Waals surface area contributed by atoms with E-state index in [1.165, 1.54) is 21.0 Å². The summed E-state index contributed by atoms with van der Waals surface area (Å²) < 4.78 is 33.7. The van der Waals surface area contributed by atoms with Crippen LogP contribution in [0.5, 0.6) is 5.88 Å². The number of nitrogens with two attached hydrogens (primary N) is 1. The molecule has 0 aromatic carbocycles. The van der Waals surface area contributed by atoms with E-state index < -0.39 is 15.9 Å². The molecule has 124 valence electrons. The van der Waals surface area contributed by atoms with Crippen molar-refractivity contribution in [3.8, 4) is 5.88 Å². The number of carbonyl (C=O) groups excluding carboxylic acids is 1. The summed E-state index contributed by atoms with van der Waals surface area (Å²) in [5.74, 6) is 0.0325. The number of aryl methyl sites for hydroxylation is 2. The SMILES string of the molecule is COc1ncccc1CNC(=O)c1c(C)oc(C)c1S(N)(=O)=O. The van der Waals surface area contributed by atoms with Crippen LogP contribution in [0, 0.1) is 13.8 Å². The van der Waals surface area contributed by atoms with Crippen LogP contribution in [0.4, 0.5) is 0 Å². The number of sulfonamides is 1. The standard InChI is InChI=1S/C14H17N3O5S/c1-8-11(12(9(2)22-8)23(15,19)20)13(18)17-7-10-5-4-6-16-14(10)21-3/h4-6H,7H2,1-3H3,(H,17,18)(H2,15,19,20). The Hall–Kier alpha value is -2.39. The van der Waals surface area contributed by atoms with Crippen LogP contribution in [0.1, 0.15) is 27.4 Å². The Bertz CT molecular complexity index is 842. The Balaban J connectivity index is 2.29. The topological polar surface area (TPSA) is 125 Å². The summed E-state index contributed by atoms with van der Waals surface area (Å²) >= 11 is 0. The zero-order valence-electron chi connectivity index (χ0n) is 12.9. The number of pyridine rings is 1. The van der Waals surface area contributed by atoms with Gasteiger partial charge in [0.05, 0.1) is 7.11 Å². The molecule has 2 aromatic heterocycles. The van der Waals surface area contributed by atoms with E-state index in [-0.39, 0.29) is 28.5 Å². The fourth-order valence-corrected chi connectivity index (χ4v) is 3.24. The number of nitrogens with zero attached hydrogens (tertiary/aromatic N) is 1. The largest absolute Gasteiger partial charge is 0.481 e. The number of primary sulfonamides is 1. The van der Waals surface area contributed by atoms with Crippen LogP contribution in [-0.4, -0.2) is 26.4 Å². The second kappa shape index (κ2) is 6.39. The van der Waals surface area contributed by atoms with Crippen LogP contribution in [0.15, 0.2) is 27.6 Å². The summed E-state index contributed by atoms with van der Waals surface area (Å²) in [5.41, 5.74) is 0.561. The van der Waals surface area contributed by atoms with E-state index in [1.807, 2.05) is 0 Å². The van der Waals surface area contributed by atoms with Gasteiger partial charge in [0.25, 0.3) is 5.91 Å². The van der Waals surface area contributed by atoms with E-state index in [1.54, 1.807) is 18.3 Å². The van der Waals surface area contributed by atoms with Gasteiger partial charge in [0, 0.05) is 18.3 Å². The molecule has 23 heavy (non-hydrogen) atoms. The highest BCUT2D eigenvalue weighted by Crippen LogP contribution is 2.25. The molecule has 9 heteroatoms. The number of ether oxygens (including phenoxy) is 1. The lowest BCUT2D eigenvalue weighted by molar-refractivity contribution is 0.0946. The summed E-state index contributed by atoms with van der Waals surface area (Å²) in [5, 5.41) is 7.78. The molecule has 0 fully saturated rings. The molecular weight excluding hydrogens is 322 g/mol. The molecule has 1 amide bonds. The fraction of sp³-hybridized carbons (Fsp3) is 0.286. The molecule has 0 radical (unpaired) electrons. The maximum absolute atomic E-state index is 12.4. The third-order valence-electron chi connectivity index (χ3n) is 3.20. The van der Waals surface area contributed by atoms with Gasteiger partial charge in [-0.05, 0) is 19.9 Å². The quantitative estimate of drug-likeness (QED) is 0.833. The highest BCUT2D eigenvalue weighted by atomic mass is 32.2. The summed E-state index contributed by atoms with van der Waals surface area (Å²) in [6, 6.07) is 3.44. The molecule has 0 unspecified atom stereocenters. The lowest BCUT2D eigenvalue weighted by atomic mass is 10.2. The first-order valence-electron chi connectivity index (χ1n) is 6.64. The smallest absolute Gasteiger partial charge is 0.256 e. The molecule has 2 heterocycles. The van der Waals surface area contributed by atoms with E-state index in [2.05, 4.69) is 10.3 Å². The van der Waals surface area contributed by atoms with Gasteiger partial charge in [0.1, 0.15) is 22.0 Å². The Labute approximate surface area is 133 Å². The number of methoxy groups -OCH3 is 1. The monoisotopic (exact) mass is 339 g/mol. The van der Waals surface area contributed by atoms with Gasteiger partial charge < -0.3 is 14.5 Å². The van der Waals surface area contributed by atoms with Crippen molar-refractivity contribution >= 4 is 15.9 Å². The molecule has 2 aromatic rings. The van der Waals surface area contributed by atoms with Gasteiger partial charge >= 0.3 is 0 Å². The van der Waals surface area contributed by atoms with E-state index >= 15 is 0 Å². The Morgan fingerprint density at radius 1 is 1.39 bits per heavy atom. The summed E-state index contributed by atoms with van der Waals surface area (Å²) in [7, 11) is -2.61. The number of nitrogens with one attached hydrogen (secondary N) is 1. The number of aromatic nitrogens is 1. The van der Waals surface area contributed by atoms with Gasteiger partial charge in [0.2, 0.25) is 15.9 Å². The number of furan rings is 1. The number of rotatable bonds is 5. The van der Waals surface area contributed by atoms with Crippen molar-refractivity contribution in [2.24, 2.45) is 5.14 Å². The van der Waals surface area contributed by atoms with Crippen molar-refractivity contribution < 1.29 is 22.4 Å². The maximum atomic E-state index is 12.4. The van der Waals surface area contributed by atoms with Crippen LogP contribution in [0.3, 0.4) is 0 Å². The third-order valence-corrected chi connectivity index (χ3v) is 4.26. The first kappa shape index (κ1) is 17.0. The second-order valence-electron chi connectivity index (χ2n) is 4.82. The van der Waals surface area contributed by atoms with Gasteiger partial charge in [0.15, 0.2) is 0 Å². The van der Waals surface area contributed by atoms with Crippen LogP contribution in [-0.2, 0) is 16.6 Å². The summed E-state index contributed by atoms with van der Waals surface area (Å²) in [4.78, 5) is 16.1. The maximum Gasteiger partial charge on any atom is 0.256 e. The molecule has 0 aliphatic rings. The predicted octanol–water partition coefficient (Wildman–Crippen LogP) is 0.877. The van der Waals surface area contributed by atoms with Crippen molar-refractivity contribution in [2.45, 2.75) is 25.3 Å². The normalized spacial score (nSPS) is 11.3. The molecule has 0 saturated carbocycles. The Kier molecular flexibility index (Phi) is 4.71. The number of amides is 1. The molecule has 0 bridgehead atoms. The lowest BCUT2D eigenvalue weighted by Crippen LogP contribution is -2.26. The average Bonchev–Trinajstić information content (AvgIpc) is 2.79. The van der Waals surface area contributed by atoms with Crippen LogP contribution >= 0.6 is 0 Å². The van der Waals surface area contributed by atoms with Crippen molar-refractivity contribution in [3.05, 3.63) is 41.0 Å². The van der Waals surface area contributed by atoms with Gasteiger partial charge in [-0.15, -0.1) is 0 Å². The number of carbonyl (C=O) groups is 1. The molecule has 0 aliphatic carbocycles. The first-order valence-corrected chi connectivity index (χ1v) is 8.19. The molecular formula is C14H17N3O5S. The second-order valence-corrected chi connectivity index (χ2v) is 6.32.